The zero-order valence-electron chi connectivity index (χ0n) is 6.02. The minimum atomic E-state index is -4.01. The number of hydrogen-bond donors (Lipinski definition) is 1. The van der Waals surface area contributed by atoms with Gasteiger partial charge in [-0.3, -0.25) is 4.55 Å². The predicted molar refractivity (Wildman–Crippen MR) is 40.7 cm³/mol. The third kappa shape index (κ3) is 9.86. The Hall–Kier alpha value is -0.140. The molecule has 0 fully saturated rings. The molecule has 7 heteroatoms. The molecule has 0 saturated heterocycles. The van der Waals surface area contributed by atoms with Crippen molar-refractivity contribution in [2.24, 2.45) is 0 Å². The maximum atomic E-state index is 10.4. The van der Waals surface area contributed by atoms with Gasteiger partial charge in [0.2, 0.25) is 0 Å². The van der Waals surface area contributed by atoms with Crippen LogP contribution in [-0.2, 0) is 20.0 Å². The molecule has 0 amide bonds. The second-order valence-electron chi connectivity index (χ2n) is 2.27. The lowest BCUT2D eigenvalue weighted by atomic mass is 10.6. The number of hydrogen-bond acceptors (Lipinski definition) is 4. The summed E-state index contributed by atoms with van der Waals surface area (Å²) in [5, 5.41) is 0. The molecule has 0 aromatic heterocycles. The summed E-state index contributed by atoms with van der Waals surface area (Å²) in [6.45, 7) is 0. The lowest BCUT2D eigenvalue weighted by Crippen LogP contribution is -2.10. The smallest absolute Gasteiger partial charge is 0.264 e. The van der Waals surface area contributed by atoms with Gasteiger partial charge in [-0.25, -0.2) is 8.42 Å². The van der Waals surface area contributed by atoms with Crippen LogP contribution in [-0.4, -0.2) is 39.1 Å². The van der Waals surface area contributed by atoms with E-state index < -0.39 is 25.7 Å². The van der Waals surface area contributed by atoms with E-state index in [0.717, 1.165) is 6.26 Å². The first-order valence-electron chi connectivity index (χ1n) is 2.83. The van der Waals surface area contributed by atoms with Crippen molar-refractivity contribution in [3.05, 3.63) is 0 Å². The third-order valence-corrected chi connectivity index (χ3v) is 2.75. The van der Waals surface area contributed by atoms with Crippen LogP contribution in [0.2, 0.25) is 0 Å². The average Bonchev–Trinajstić information content (AvgIpc) is 1.55. The van der Waals surface area contributed by atoms with E-state index >= 15 is 0 Å². The van der Waals surface area contributed by atoms with E-state index in [-0.39, 0.29) is 12.2 Å². The van der Waals surface area contributed by atoms with Crippen molar-refractivity contribution in [3.63, 3.8) is 0 Å². The minimum Gasteiger partial charge on any atom is -0.286 e. The lowest BCUT2D eigenvalue weighted by molar-refractivity contribution is 0.482. The van der Waals surface area contributed by atoms with E-state index in [9.17, 15) is 16.8 Å². The molecule has 0 aliphatic carbocycles. The Balaban J connectivity index is 3.79. The Morgan fingerprint density at radius 3 is 1.82 bits per heavy atom. The molecule has 0 aliphatic rings. The fraction of sp³-hybridized carbons (Fsp3) is 1.00. The van der Waals surface area contributed by atoms with Crippen LogP contribution in [0.4, 0.5) is 0 Å². The van der Waals surface area contributed by atoms with Gasteiger partial charge in [-0.2, -0.15) is 8.42 Å². The average molecular weight is 202 g/mol. The SMILES string of the molecule is CS(=O)(=O)CCCS(=O)(=O)O. The molecule has 1 N–H and O–H groups in total. The molecule has 0 rings (SSSR count). The van der Waals surface area contributed by atoms with Crippen molar-refractivity contribution in [1.82, 2.24) is 0 Å². The molecule has 0 bridgehead atoms. The Bertz CT molecular complexity index is 265. The Morgan fingerprint density at radius 1 is 1.09 bits per heavy atom. The summed E-state index contributed by atoms with van der Waals surface area (Å²) in [6, 6.07) is 0. The van der Waals surface area contributed by atoms with Gasteiger partial charge in [-0.05, 0) is 6.42 Å². The van der Waals surface area contributed by atoms with Crippen LogP contribution in [0.15, 0.2) is 0 Å². The molecule has 0 atom stereocenters. The van der Waals surface area contributed by atoms with Crippen LogP contribution in [0.1, 0.15) is 6.42 Å². The molecule has 11 heavy (non-hydrogen) atoms. The Kier molecular flexibility index (Phi) is 3.46. The monoisotopic (exact) mass is 202 g/mol. The normalized spacial score (nSPS) is 13.3. The van der Waals surface area contributed by atoms with Gasteiger partial charge >= 0.3 is 0 Å². The molecular weight excluding hydrogens is 192 g/mol. The summed E-state index contributed by atoms with van der Waals surface area (Å²) in [6.07, 6.45) is 0.953. The highest BCUT2D eigenvalue weighted by Gasteiger charge is 2.07. The van der Waals surface area contributed by atoms with Crippen LogP contribution in [0.3, 0.4) is 0 Å². The van der Waals surface area contributed by atoms with Crippen LogP contribution >= 0.6 is 0 Å². The molecule has 0 radical (unpaired) electrons. The van der Waals surface area contributed by atoms with Gasteiger partial charge in [0, 0.05) is 6.26 Å². The van der Waals surface area contributed by atoms with E-state index in [1.165, 1.54) is 0 Å². The highest BCUT2D eigenvalue weighted by molar-refractivity contribution is 7.90. The van der Waals surface area contributed by atoms with Gasteiger partial charge < -0.3 is 0 Å². The molecule has 5 nitrogen and oxygen atoms in total. The van der Waals surface area contributed by atoms with Gasteiger partial charge in [0.05, 0.1) is 11.5 Å². The fourth-order valence-corrected chi connectivity index (χ4v) is 1.86. The maximum absolute atomic E-state index is 10.4. The topological polar surface area (TPSA) is 88.5 Å². The van der Waals surface area contributed by atoms with Gasteiger partial charge in [-0.15, -0.1) is 0 Å². The first-order chi connectivity index (χ1) is 4.71. The largest absolute Gasteiger partial charge is 0.286 e. The molecule has 0 aromatic carbocycles. The van der Waals surface area contributed by atoms with Gasteiger partial charge in [-0.1, -0.05) is 0 Å². The van der Waals surface area contributed by atoms with E-state index in [4.69, 9.17) is 4.55 Å². The summed E-state index contributed by atoms with van der Waals surface area (Å²) in [4.78, 5) is 0. The molecular formula is C4H10O5S2. The second-order valence-corrected chi connectivity index (χ2v) is 6.10. The highest BCUT2D eigenvalue weighted by Crippen LogP contribution is 1.92. The number of rotatable bonds is 4. The summed E-state index contributed by atoms with van der Waals surface area (Å²) >= 11 is 0. The van der Waals surface area contributed by atoms with Crippen molar-refractivity contribution in [2.45, 2.75) is 6.42 Å². The van der Waals surface area contributed by atoms with E-state index in [1.54, 1.807) is 0 Å². The van der Waals surface area contributed by atoms with Gasteiger partial charge in [0.25, 0.3) is 10.1 Å². The van der Waals surface area contributed by atoms with Crippen molar-refractivity contribution >= 4 is 20.0 Å². The van der Waals surface area contributed by atoms with E-state index in [1.807, 2.05) is 0 Å². The van der Waals surface area contributed by atoms with Crippen LogP contribution < -0.4 is 0 Å². The molecule has 68 valence electrons. The predicted octanol–water partition coefficient (Wildman–Crippen LogP) is -0.691. The molecule has 0 saturated carbocycles. The van der Waals surface area contributed by atoms with Crippen LogP contribution in [0.25, 0.3) is 0 Å². The van der Waals surface area contributed by atoms with Crippen LogP contribution in [0.5, 0.6) is 0 Å². The molecule has 0 unspecified atom stereocenters. The fourth-order valence-electron chi connectivity index (χ4n) is 0.504. The van der Waals surface area contributed by atoms with Crippen molar-refractivity contribution < 1.29 is 21.4 Å². The summed E-state index contributed by atoms with van der Waals surface area (Å²) < 4.78 is 49.2. The van der Waals surface area contributed by atoms with Crippen molar-refractivity contribution in [1.29, 1.82) is 0 Å². The third-order valence-electron chi connectivity index (χ3n) is 0.917. The molecule has 0 aromatic rings. The van der Waals surface area contributed by atoms with Gasteiger partial charge in [0.15, 0.2) is 0 Å². The first-order valence-corrected chi connectivity index (χ1v) is 6.50. The standard InChI is InChI=1S/C4H10O5S2/c1-10(5,6)3-2-4-11(7,8)9/h2-4H2,1H3,(H,7,8,9). The zero-order chi connectivity index (χ0) is 9.12. The van der Waals surface area contributed by atoms with Crippen LogP contribution in [0, 0.1) is 0 Å². The molecule has 0 spiro atoms. The summed E-state index contributed by atoms with van der Waals surface area (Å²) in [7, 11) is -7.13. The minimum absolute atomic E-state index is 0.0579. The van der Waals surface area contributed by atoms with Crippen molar-refractivity contribution in [3.8, 4) is 0 Å². The molecule has 0 heterocycles. The Labute approximate surface area is 66.1 Å². The molecule has 0 aliphatic heterocycles. The zero-order valence-corrected chi connectivity index (χ0v) is 7.65. The summed E-state index contributed by atoms with van der Waals surface area (Å²) in [5.74, 6) is -0.715. The van der Waals surface area contributed by atoms with E-state index in [0.29, 0.717) is 0 Å². The Morgan fingerprint density at radius 2 is 1.55 bits per heavy atom. The van der Waals surface area contributed by atoms with E-state index in [2.05, 4.69) is 0 Å². The first kappa shape index (κ1) is 10.9. The van der Waals surface area contributed by atoms with Gasteiger partial charge in [0.1, 0.15) is 9.84 Å². The maximum Gasteiger partial charge on any atom is 0.264 e. The number of sulfone groups is 1. The lowest BCUT2D eigenvalue weighted by Gasteiger charge is -1.95. The second kappa shape index (κ2) is 3.51. The summed E-state index contributed by atoms with van der Waals surface area (Å²) in [5.41, 5.74) is 0. The van der Waals surface area contributed by atoms with Crippen molar-refractivity contribution in [2.75, 3.05) is 17.8 Å². The quantitative estimate of drug-likeness (QED) is 0.609. The highest BCUT2D eigenvalue weighted by atomic mass is 32.2.